The van der Waals surface area contributed by atoms with Crippen molar-refractivity contribution >= 4 is 10.1 Å². The molecule has 0 spiro atoms. The van der Waals surface area contributed by atoms with Crippen molar-refractivity contribution in [1.29, 1.82) is 0 Å². The fourth-order valence-electron chi connectivity index (χ4n) is 1.79. The van der Waals surface area contributed by atoms with Gasteiger partial charge in [0.15, 0.2) is 5.79 Å². The lowest BCUT2D eigenvalue weighted by molar-refractivity contribution is -0.166. The van der Waals surface area contributed by atoms with Crippen molar-refractivity contribution in [2.24, 2.45) is 0 Å². The molecule has 106 valence electrons. The summed E-state index contributed by atoms with van der Waals surface area (Å²) in [7, 11) is -3.82. The molecule has 0 unspecified atom stereocenters. The second-order valence-corrected chi connectivity index (χ2v) is 6.38. The highest BCUT2D eigenvalue weighted by Gasteiger charge is 2.36. The van der Waals surface area contributed by atoms with E-state index in [9.17, 15) is 8.42 Å². The SMILES string of the molecule is CCc1ccc(S(=O)(=O)O[C@@H]2COC(C)(C)O2)cc1. The van der Waals surface area contributed by atoms with Gasteiger partial charge in [-0.15, -0.1) is 0 Å². The average Bonchev–Trinajstić information content (AvgIpc) is 2.68. The van der Waals surface area contributed by atoms with E-state index in [0.29, 0.717) is 0 Å². The van der Waals surface area contributed by atoms with Crippen LogP contribution in [0.5, 0.6) is 0 Å². The Morgan fingerprint density at radius 2 is 1.95 bits per heavy atom. The molecule has 5 nitrogen and oxygen atoms in total. The molecule has 1 aromatic rings. The Morgan fingerprint density at radius 3 is 2.42 bits per heavy atom. The fraction of sp³-hybridized carbons (Fsp3) is 0.538. The van der Waals surface area contributed by atoms with Crippen LogP contribution in [0.15, 0.2) is 29.2 Å². The summed E-state index contributed by atoms with van der Waals surface area (Å²) in [6.07, 6.45) is -0.0413. The molecular weight excluding hydrogens is 268 g/mol. The van der Waals surface area contributed by atoms with E-state index in [1.807, 2.05) is 6.92 Å². The highest BCUT2D eigenvalue weighted by atomic mass is 32.2. The van der Waals surface area contributed by atoms with Gasteiger partial charge < -0.3 is 9.47 Å². The molecule has 0 aliphatic carbocycles. The Bertz CT molecular complexity index is 533. The van der Waals surface area contributed by atoms with Crippen molar-refractivity contribution in [3.8, 4) is 0 Å². The lowest BCUT2D eigenvalue weighted by Crippen LogP contribution is -2.24. The third kappa shape index (κ3) is 3.54. The zero-order chi connectivity index (χ0) is 14.1. The first-order valence-electron chi connectivity index (χ1n) is 6.16. The van der Waals surface area contributed by atoms with E-state index < -0.39 is 22.2 Å². The van der Waals surface area contributed by atoms with E-state index in [1.165, 1.54) is 12.1 Å². The lowest BCUT2D eigenvalue weighted by Gasteiger charge is -2.16. The van der Waals surface area contributed by atoms with E-state index in [2.05, 4.69) is 0 Å². The quantitative estimate of drug-likeness (QED) is 0.793. The molecule has 2 rings (SSSR count). The van der Waals surface area contributed by atoms with Gasteiger partial charge in [-0.1, -0.05) is 19.1 Å². The van der Waals surface area contributed by atoms with Crippen LogP contribution >= 0.6 is 0 Å². The van der Waals surface area contributed by atoms with Crippen LogP contribution in [-0.2, 0) is 30.2 Å². The van der Waals surface area contributed by atoms with Gasteiger partial charge >= 0.3 is 0 Å². The van der Waals surface area contributed by atoms with Gasteiger partial charge in [0.2, 0.25) is 6.29 Å². The maximum Gasteiger partial charge on any atom is 0.299 e. The van der Waals surface area contributed by atoms with Crippen LogP contribution in [-0.4, -0.2) is 27.1 Å². The molecule has 1 atom stereocenters. The van der Waals surface area contributed by atoms with Crippen LogP contribution in [0.25, 0.3) is 0 Å². The minimum absolute atomic E-state index is 0.0965. The predicted octanol–water partition coefficient (Wildman–Crippen LogP) is 2.06. The van der Waals surface area contributed by atoms with Crippen molar-refractivity contribution < 1.29 is 22.1 Å². The van der Waals surface area contributed by atoms with Crippen LogP contribution in [0.3, 0.4) is 0 Å². The molecule has 1 saturated heterocycles. The first-order chi connectivity index (χ1) is 8.82. The third-order valence-electron chi connectivity index (χ3n) is 2.84. The summed E-state index contributed by atoms with van der Waals surface area (Å²) in [5, 5.41) is 0. The second-order valence-electron chi connectivity index (χ2n) is 4.81. The normalized spacial score (nSPS) is 22.6. The van der Waals surface area contributed by atoms with Crippen LogP contribution in [0, 0.1) is 0 Å². The minimum Gasteiger partial charge on any atom is -0.345 e. The third-order valence-corrected chi connectivity index (χ3v) is 4.15. The molecule has 0 aromatic heterocycles. The molecule has 19 heavy (non-hydrogen) atoms. The van der Waals surface area contributed by atoms with Gasteiger partial charge in [0.1, 0.15) is 6.61 Å². The van der Waals surface area contributed by atoms with E-state index in [-0.39, 0.29) is 11.5 Å². The number of ether oxygens (including phenoxy) is 2. The number of hydrogen-bond acceptors (Lipinski definition) is 5. The Labute approximate surface area is 113 Å². The highest BCUT2D eigenvalue weighted by molar-refractivity contribution is 7.86. The van der Waals surface area contributed by atoms with Crippen molar-refractivity contribution in [1.82, 2.24) is 0 Å². The summed E-state index contributed by atoms with van der Waals surface area (Å²) in [5.74, 6) is -0.813. The number of rotatable bonds is 4. The Kier molecular flexibility index (Phi) is 3.96. The van der Waals surface area contributed by atoms with Gasteiger partial charge in [-0.2, -0.15) is 8.42 Å². The largest absolute Gasteiger partial charge is 0.345 e. The second kappa shape index (κ2) is 5.20. The monoisotopic (exact) mass is 286 g/mol. The molecule has 0 amide bonds. The minimum atomic E-state index is -3.82. The molecule has 1 aliphatic rings. The smallest absolute Gasteiger partial charge is 0.299 e. The summed E-state index contributed by atoms with van der Waals surface area (Å²) < 4.78 is 39.7. The first-order valence-corrected chi connectivity index (χ1v) is 7.57. The summed E-state index contributed by atoms with van der Waals surface area (Å²) in [5.41, 5.74) is 1.07. The van der Waals surface area contributed by atoms with Gasteiger partial charge in [-0.05, 0) is 38.0 Å². The zero-order valence-electron chi connectivity index (χ0n) is 11.3. The van der Waals surface area contributed by atoms with Gasteiger partial charge in [-0.3, -0.25) is 0 Å². The highest BCUT2D eigenvalue weighted by Crippen LogP contribution is 2.26. The maximum atomic E-state index is 12.0. The number of benzene rings is 1. The molecule has 0 radical (unpaired) electrons. The molecule has 1 aliphatic heterocycles. The van der Waals surface area contributed by atoms with E-state index >= 15 is 0 Å². The Balaban J connectivity index is 2.10. The molecule has 0 saturated carbocycles. The van der Waals surface area contributed by atoms with Crippen LogP contribution < -0.4 is 0 Å². The number of hydrogen-bond donors (Lipinski definition) is 0. The van der Waals surface area contributed by atoms with E-state index in [4.69, 9.17) is 13.7 Å². The molecule has 0 N–H and O–H groups in total. The molecule has 1 aromatic carbocycles. The Morgan fingerprint density at radius 1 is 1.32 bits per heavy atom. The molecule has 1 heterocycles. The summed E-state index contributed by atoms with van der Waals surface area (Å²) in [6, 6.07) is 6.61. The predicted molar refractivity (Wildman–Crippen MR) is 69.0 cm³/mol. The van der Waals surface area contributed by atoms with Crippen LogP contribution in [0.1, 0.15) is 26.3 Å². The summed E-state index contributed by atoms with van der Waals surface area (Å²) in [6.45, 7) is 5.52. The molecular formula is C13H18O5S. The average molecular weight is 286 g/mol. The molecule has 6 heteroatoms. The van der Waals surface area contributed by atoms with Crippen molar-refractivity contribution in [3.63, 3.8) is 0 Å². The summed E-state index contributed by atoms with van der Waals surface area (Å²) >= 11 is 0. The van der Waals surface area contributed by atoms with Gasteiger partial charge in [0.25, 0.3) is 10.1 Å². The fourth-order valence-corrected chi connectivity index (χ4v) is 2.75. The maximum absolute atomic E-state index is 12.0. The summed E-state index contributed by atoms with van der Waals surface area (Å²) in [4.78, 5) is 0.123. The van der Waals surface area contributed by atoms with Crippen molar-refractivity contribution in [2.75, 3.05) is 6.61 Å². The Hall–Kier alpha value is -0.950. The standard InChI is InChI=1S/C13H18O5S/c1-4-10-5-7-11(8-6-10)19(14,15)18-12-9-16-13(2,3)17-12/h5-8,12H,4,9H2,1-3H3/t12-/m1/s1. The topological polar surface area (TPSA) is 61.8 Å². The van der Waals surface area contributed by atoms with Crippen molar-refractivity contribution in [3.05, 3.63) is 29.8 Å². The molecule has 0 bridgehead atoms. The van der Waals surface area contributed by atoms with Gasteiger partial charge in [0.05, 0.1) is 4.90 Å². The van der Waals surface area contributed by atoms with Gasteiger partial charge in [-0.25, -0.2) is 4.18 Å². The number of aryl methyl sites for hydroxylation is 1. The first kappa shape index (κ1) is 14.5. The van der Waals surface area contributed by atoms with Gasteiger partial charge in [0, 0.05) is 0 Å². The van der Waals surface area contributed by atoms with Crippen LogP contribution in [0.2, 0.25) is 0 Å². The molecule has 1 fully saturated rings. The van der Waals surface area contributed by atoms with Crippen molar-refractivity contribution in [2.45, 2.75) is 44.2 Å². The van der Waals surface area contributed by atoms with Crippen LogP contribution in [0.4, 0.5) is 0 Å². The zero-order valence-corrected chi connectivity index (χ0v) is 12.1. The van der Waals surface area contributed by atoms with E-state index in [1.54, 1.807) is 26.0 Å². The van der Waals surface area contributed by atoms with E-state index in [0.717, 1.165) is 12.0 Å². The lowest BCUT2D eigenvalue weighted by atomic mass is 10.2.